The molecule has 1 aromatic carbocycles. The number of nitrogens with zero attached hydrogens (tertiary/aromatic N) is 4. The minimum atomic E-state index is -0.306. The Labute approximate surface area is 140 Å². The van der Waals surface area contributed by atoms with Gasteiger partial charge in [0.1, 0.15) is 0 Å². The Hall–Kier alpha value is -3.02. The van der Waals surface area contributed by atoms with Gasteiger partial charge in [0.15, 0.2) is 0 Å². The van der Waals surface area contributed by atoms with E-state index in [9.17, 15) is 4.79 Å². The standard InChI is InChI=1S/C18H18N4O2/c1-4-22(15-11-12(2)5-6-13(15)3)18(23)17-20-16(21-24-17)14-7-9-19-10-8-14/h5-11H,4H2,1-3H3. The van der Waals surface area contributed by atoms with Gasteiger partial charge in [0.05, 0.1) is 0 Å². The second-order valence-electron chi connectivity index (χ2n) is 5.50. The van der Waals surface area contributed by atoms with Crippen LogP contribution in [0.3, 0.4) is 0 Å². The highest BCUT2D eigenvalue weighted by atomic mass is 16.5. The van der Waals surface area contributed by atoms with Gasteiger partial charge in [0.2, 0.25) is 5.82 Å². The number of pyridine rings is 1. The number of rotatable bonds is 4. The number of aromatic nitrogens is 3. The van der Waals surface area contributed by atoms with Crippen LogP contribution in [-0.4, -0.2) is 27.6 Å². The van der Waals surface area contributed by atoms with Crippen LogP contribution < -0.4 is 4.90 Å². The summed E-state index contributed by atoms with van der Waals surface area (Å²) < 4.78 is 5.18. The van der Waals surface area contributed by atoms with E-state index in [1.54, 1.807) is 29.4 Å². The SMILES string of the molecule is CCN(C(=O)c1nc(-c2ccncc2)no1)c1cc(C)ccc1C. The molecule has 0 N–H and O–H groups in total. The van der Waals surface area contributed by atoms with Gasteiger partial charge in [-0.15, -0.1) is 0 Å². The van der Waals surface area contributed by atoms with Crippen molar-refractivity contribution in [3.63, 3.8) is 0 Å². The number of anilines is 1. The van der Waals surface area contributed by atoms with Crippen molar-refractivity contribution in [3.8, 4) is 11.4 Å². The Kier molecular flexibility index (Phi) is 4.37. The molecule has 0 fully saturated rings. The van der Waals surface area contributed by atoms with Crippen LogP contribution in [0, 0.1) is 13.8 Å². The van der Waals surface area contributed by atoms with E-state index < -0.39 is 0 Å². The fourth-order valence-corrected chi connectivity index (χ4v) is 2.48. The van der Waals surface area contributed by atoms with Gasteiger partial charge in [-0.1, -0.05) is 17.3 Å². The maximum Gasteiger partial charge on any atom is 0.316 e. The van der Waals surface area contributed by atoms with Crippen molar-refractivity contribution < 1.29 is 9.32 Å². The number of aryl methyl sites for hydroxylation is 2. The molecule has 0 saturated carbocycles. The third kappa shape index (κ3) is 3.03. The number of amides is 1. The zero-order chi connectivity index (χ0) is 17.1. The molecule has 0 aliphatic carbocycles. The highest BCUT2D eigenvalue weighted by molar-refractivity contribution is 6.03. The van der Waals surface area contributed by atoms with Crippen LogP contribution in [0.1, 0.15) is 28.7 Å². The zero-order valence-electron chi connectivity index (χ0n) is 13.9. The van der Waals surface area contributed by atoms with Crippen molar-refractivity contribution in [1.82, 2.24) is 15.1 Å². The highest BCUT2D eigenvalue weighted by Crippen LogP contribution is 2.23. The van der Waals surface area contributed by atoms with Gasteiger partial charge in [-0.3, -0.25) is 9.78 Å². The lowest BCUT2D eigenvalue weighted by molar-refractivity contribution is 0.0946. The summed E-state index contributed by atoms with van der Waals surface area (Å²) in [7, 11) is 0. The first kappa shape index (κ1) is 15.9. The molecule has 2 aromatic heterocycles. The van der Waals surface area contributed by atoms with Gasteiger partial charge in [0, 0.05) is 30.2 Å². The van der Waals surface area contributed by atoms with Gasteiger partial charge in [-0.2, -0.15) is 4.98 Å². The van der Waals surface area contributed by atoms with E-state index >= 15 is 0 Å². The lowest BCUT2D eigenvalue weighted by Crippen LogP contribution is -2.31. The first-order chi connectivity index (χ1) is 11.6. The fourth-order valence-electron chi connectivity index (χ4n) is 2.48. The molecule has 6 nitrogen and oxygen atoms in total. The Balaban J connectivity index is 1.93. The summed E-state index contributed by atoms with van der Waals surface area (Å²) in [5.41, 5.74) is 3.71. The van der Waals surface area contributed by atoms with Crippen LogP contribution in [-0.2, 0) is 0 Å². The van der Waals surface area contributed by atoms with Crippen molar-refractivity contribution >= 4 is 11.6 Å². The maximum atomic E-state index is 12.8. The predicted molar refractivity (Wildman–Crippen MR) is 90.8 cm³/mol. The van der Waals surface area contributed by atoms with Crippen LogP contribution in [0.5, 0.6) is 0 Å². The second kappa shape index (κ2) is 6.62. The lowest BCUT2D eigenvalue weighted by Gasteiger charge is -2.21. The van der Waals surface area contributed by atoms with Gasteiger partial charge in [-0.25, -0.2) is 0 Å². The average Bonchev–Trinajstić information content (AvgIpc) is 3.09. The summed E-state index contributed by atoms with van der Waals surface area (Å²) in [5, 5.41) is 3.90. The van der Waals surface area contributed by atoms with Crippen LogP contribution in [0.15, 0.2) is 47.2 Å². The number of hydrogen-bond acceptors (Lipinski definition) is 5. The van der Waals surface area contributed by atoms with E-state index in [1.807, 2.05) is 39.0 Å². The molecule has 24 heavy (non-hydrogen) atoms. The monoisotopic (exact) mass is 322 g/mol. The summed E-state index contributed by atoms with van der Waals surface area (Å²) in [6, 6.07) is 9.53. The molecule has 0 unspecified atom stereocenters. The molecule has 0 aliphatic rings. The van der Waals surface area contributed by atoms with Gasteiger partial charge >= 0.3 is 11.8 Å². The summed E-state index contributed by atoms with van der Waals surface area (Å²) in [5.74, 6) is 0.0429. The summed E-state index contributed by atoms with van der Waals surface area (Å²) >= 11 is 0. The van der Waals surface area contributed by atoms with E-state index in [0.717, 1.165) is 22.4 Å². The molecule has 0 bridgehead atoms. The predicted octanol–water partition coefficient (Wildman–Crippen LogP) is 3.42. The molecule has 0 spiro atoms. The van der Waals surface area contributed by atoms with Crippen molar-refractivity contribution in [1.29, 1.82) is 0 Å². The van der Waals surface area contributed by atoms with E-state index in [2.05, 4.69) is 15.1 Å². The quantitative estimate of drug-likeness (QED) is 0.736. The van der Waals surface area contributed by atoms with Crippen LogP contribution in [0.25, 0.3) is 11.4 Å². The molecule has 6 heteroatoms. The summed E-state index contributed by atoms with van der Waals surface area (Å²) in [6.45, 7) is 6.40. The Morgan fingerprint density at radius 1 is 1.17 bits per heavy atom. The van der Waals surface area contributed by atoms with E-state index in [1.165, 1.54) is 0 Å². The first-order valence-corrected chi connectivity index (χ1v) is 7.73. The van der Waals surface area contributed by atoms with Crippen molar-refractivity contribution in [2.24, 2.45) is 0 Å². The number of carbonyl (C=O) groups excluding carboxylic acids is 1. The normalized spacial score (nSPS) is 10.6. The van der Waals surface area contributed by atoms with Crippen molar-refractivity contribution in [2.75, 3.05) is 11.4 Å². The molecule has 2 heterocycles. The Morgan fingerprint density at radius 2 is 1.92 bits per heavy atom. The smallest absolute Gasteiger partial charge is 0.316 e. The molecule has 122 valence electrons. The third-order valence-electron chi connectivity index (χ3n) is 3.76. The molecule has 3 rings (SSSR count). The van der Waals surface area contributed by atoms with E-state index in [-0.39, 0.29) is 11.8 Å². The molecule has 0 radical (unpaired) electrons. The topological polar surface area (TPSA) is 72.1 Å². The summed E-state index contributed by atoms with van der Waals surface area (Å²) in [6.07, 6.45) is 3.28. The number of carbonyl (C=O) groups is 1. The largest absolute Gasteiger partial charge is 0.328 e. The number of benzene rings is 1. The molecule has 3 aromatic rings. The number of hydrogen-bond donors (Lipinski definition) is 0. The summed E-state index contributed by atoms with van der Waals surface area (Å²) in [4.78, 5) is 22.6. The Bertz CT molecular complexity index is 858. The van der Waals surface area contributed by atoms with Crippen LogP contribution in [0.2, 0.25) is 0 Å². The maximum absolute atomic E-state index is 12.8. The average molecular weight is 322 g/mol. The molecule has 0 aliphatic heterocycles. The molecular weight excluding hydrogens is 304 g/mol. The minimum Gasteiger partial charge on any atom is -0.328 e. The van der Waals surface area contributed by atoms with Gasteiger partial charge in [-0.05, 0) is 50.1 Å². The van der Waals surface area contributed by atoms with Gasteiger partial charge < -0.3 is 9.42 Å². The van der Waals surface area contributed by atoms with Crippen LogP contribution in [0.4, 0.5) is 5.69 Å². The Morgan fingerprint density at radius 3 is 2.62 bits per heavy atom. The first-order valence-electron chi connectivity index (χ1n) is 7.73. The second-order valence-corrected chi connectivity index (χ2v) is 5.50. The third-order valence-corrected chi connectivity index (χ3v) is 3.76. The van der Waals surface area contributed by atoms with E-state index in [4.69, 9.17) is 4.52 Å². The van der Waals surface area contributed by atoms with Crippen molar-refractivity contribution in [2.45, 2.75) is 20.8 Å². The fraction of sp³-hybridized carbons (Fsp3) is 0.222. The minimum absolute atomic E-state index is 0.0235. The molecular formula is C18H18N4O2. The van der Waals surface area contributed by atoms with Crippen molar-refractivity contribution in [3.05, 3.63) is 59.7 Å². The van der Waals surface area contributed by atoms with Crippen LogP contribution >= 0.6 is 0 Å². The van der Waals surface area contributed by atoms with E-state index in [0.29, 0.717) is 12.4 Å². The molecule has 0 saturated heterocycles. The molecule has 1 amide bonds. The zero-order valence-corrected chi connectivity index (χ0v) is 13.9. The highest BCUT2D eigenvalue weighted by Gasteiger charge is 2.24. The molecule has 0 atom stereocenters. The lowest BCUT2D eigenvalue weighted by atomic mass is 10.1. The van der Waals surface area contributed by atoms with Gasteiger partial charge in [0.25, 0.3) is 0 Å².